The largest absolute Gasteiger partial charge is 0.387 e. The summed E-state index contributed by atoms with van der Waals surface area (Å²) in [6, 6.07) is 7.71. The van der Waals surface area contributed by atoms with Crippen LogP contribution in [0, 0.1) is 0 Å². The Labute approximate surface area is 132 Å². The molecule has 0 aliphatic carbocycles. The zero-order chi connectivity index (χ0) is 15.7. The van der Waals surface area contributed by atoms with E-state index in [1.54, 1.807) is 7.05 Å². The van der Waals surface area contributed by atoms with E-state index in [1.165, 1.54) is 28.4 Å². The normalized spacial score (nSPS) is 13.5. The van der Waals surface area contributed by atoms with Gasteiger partial charge in [0.05, 0.1) is 12.3 Å². The lowest BCUT2D eigenvalue weighted by Crippen LogP contribution is -2.28. The zero-order valence-electron chi connectivity index (χ0n) is 11.8. The molecule has 8 heteroatoms. The topological polar surface area (TPSA) is 84.2 Å². The molecule has 0 aliphatic heterocycles. The molecule has 0 unspecified atom stereocenters. The first-order chi connectivity index (χ1) is 10.5. The Hall–Kier alpha value is -1.74. The smallest absolute Gasteiger partial charge is 0.243 e. The Morgan fingerprint density at radius 1 is 1.41 bits per heavy atom. The highest BCUT2D eigenvalue weighted by Gasteiger charge is 2.19. The first kappa shape index (κ1) is 15.2. The predicted octanol–water partition coefficient (Wildman–Crippen LogP) is 1.65. The van der Waals surface area contributed by atoms with Crippen molar-refractivity contribution in [3.63, 3.8) is 0 Å². The lowest BCUT2D eigenvalue weighted by molar-refractivity contribution is 0.184. The van der Waals surface area contributed by atoms with Crippen LogP contribution >= 0.6 is 11.3 Å². The SMILES string of the molecule is Cn1cc(S(=O)(=O)NC[C@@H](O)c2csc3ccccc23)cn1. The van der Waals surface area contributed by atoms with Gasteiger partial charge in [0.25, 0.3) is 0 Å². The van der Waals surface area contributed by atoms with Gasteiger partial charge in [-0.15, -0.1) is 11.3 Å². The van der Waals surface area contributed by atoms with Crippen LogP contribution in [0.25, 0.3) is 10.1 Å². The maximum atomic E-state index is 12.1. The Bertz CT molecular complexity index is 899. The number of thiophene rings is 1. The minimum atomic E-state index is -3.67. The second kappa shape index (κ2) is 5.81. The van der Waals surface area contributed by atoms with Crippen molar-refractivity contribution < 1.29 is 13.5 Å². The van der Waals surface area contributed by atoms with Crippen molar-refractivity contribution in [1.82, 2.24) is 14.5 Å². The number of nitrogens with one attached hydrogen (secondary N) is 1. The summed E-state index contributed by atoms with van der Waals surface area (Å²) in [6.07, 6.45) is 1.78. The quantitative estimate of drug-likeness (QED) is 0.741. The third kappa shape index (κ3) is 2.91. The molecule has 0 fully saturated rings. The summed E-state index contributed by atoms with van der Waals surface area (Å²) in [5.74, 6) is 0. The van der Waals surface area contributed by atoms with Gasteiger partial charge in [0, 0.05) is 30.1 Å². The number of aryl methyl sites for hydroxylation is 1. The van der Waals surface area contributed by atoms with Gasteiger partial charge in [-0.1, -0.05) is 18.2 Å². The molecule has 0 saturated heterocycles. The monoisotopic (exact) mass is 337 g/mol. The Morgan fingerprint density at radius 2 is 2.18 bits per heavy atom. The van der Waals surface area contributed by atoms with E-state index in [-0.39, 0.29) is 11.4 Å². The van der Waals surface area contributed by atoms with Gasteiger partial charge in [0.1, 0.15) is 4.90 Å². The summed E-state index contributed by atoms with van der Waals surface area (Å²) in [5, 5.41) is 16.9. The van der Waals surface area contributed by atoms with E-state index in [4.69, 9.17) is 0 Å². The highest BCUT2D eigenvalue weighted by molar-refractivity contribution is 7.89. The van der Waals surface area contributed by atoms with Crippen molar-refractivity contribution in [3.05, 3.63) is 47.6 Å². The number of aliphatic hydroxyl groups is 1. The van der Waals surface area contributed by atoms with Crippen LogP contribution in [0.3, 0.4) is 0 Å². The summed E-state index contributed by atoms with van der Waals surface area (Å²) >= 11 is 1.52. The first-order valence-corrected chi connectivity index (χ1v) is 8.96. The fourth-order valence-electron chi connectivity index (χ4n) is 2.18. The van der Waals surface area contributed by atoms with Crippen molar-refractivity contribution in [2.24, 2.45) is 7.05 Å². The number of aliphatic hydroxyl groups excluding tert-OH is 1. The molecule has 3 rings (SSSR count). The number of benzene rings is 1. The van der Waals surface area contributed by atoms with Gasteiger partial charge in [-0.05, 0) is 16.8 Å². The number of aromatic nitrogens is 2. The molecule has 0 spiro atoms. The summed E-state index contributed by atoms with van der Waals surface area (Å²) in [5.41, 5.74) is 0.731. The third-order valence-corrected chi connectivity index (χ3v) is 5.69. The zero-order valence-corrected chi connectivity index (χ0v) is 13.4. The molecular formula is C14H15N3O3S2. The average molecular weight is 337 g/mol. The molecule has 1 aromatic carbocycles. The van der Waals surface area contributed by atoms with Crippen molar-refractivity contribution in [2.75, 3.05) is 6.54 Å². The van der Waals surface area contributed by atoms with Gasteiger partial charge in [-0.3, -0.25) is 4.68 Å². The van der Waals surface area contributed by atoms with Gasteiger partial charge < -0.3 is 5.11 Å². The third-order valence-electron chi connectivity index (χ3n) is 3.33. The molecule has 2 aromatic heterocycles. The summed E-state index contributed by atoms with van der Waals surface area (Å²) in [6.45, 7) is -0.0854. The second-order valence-electron chi connectivity index (χ2n) is 4.90. The molecule has 0 aliphatic rings. The Kier molecular flexibility index (Phi) is 4.00. The predicted molar refractivity (Wildman–Crippen MR) is 85.2 cm³/mol. The number of sulfonamides is 1. The molecule has 2 N–H and O–H groups in total. The minimum absolute atomic E-state index is 0.0809. The van der Waals surface area contributed by atoms with Crippen LogP contribution < -0.4 is 4.72 Å². The van der Waals surface area contributed by atoms with Crippen LogP contribution in [0.15, 0.2) is 46.9 Å². The number of hydrogen-bond acceptors (Lipinski definition) is 5. The second-order valence-corrected chi connectivity index (χ2v) is 7.58. The van der Waals surface area contributed by atoms with Crippen molar-refractivity contribution >= 4 is 31.4 Å². The number of nitrogens with zero attached hydrogens (tertiary/aromatic N) is 2. The number of fused-ring (bicyclic) bond motifs is 1. The molecule has 6 nitrogen and oxygen atoms in total. The van der Waals surface area contributed by atoms with E-state index in [1.807, 2.05) is 29.6 Å². The molecule has 1 atom stereocenters. The van der Waals surface area contributed by atoms with Crippen molar-refractivity contribution in [1.29, 1.82) is 0 Å². The molecule has 116 valence electrons. The van der Waals surface area contributed by atoms with Gasteiger partial charge in [0.2, 0.25) is 10.0 Å². The minimum Gasteiger partial charge on any atom is -0.387 e. The Balaban J connectivity index is 1.76. The first-order valence-electron chi connectivity index (χ1n) is 6.60. The van der Waals surface area contributed by atoms with E-state index in [0.29, 0.717) is 0 Å². The molecule has 0 radical (unpaired) electrons. The van der Waals surface area contributed by atoms with Gasteiger partial charge in [0.15, 0.2) is 0 Å². The van der Waals surface area contributed by atoms with Gasteiger partial charge in [-0.2, -0.15) is 5.10 Å². The summed E-state index contributed by atoms with van der Waals surface area (Å²) < 4.78 is 29.1. The summed E-state index contributed by atoms with van der Waals surface area (Å²) in [7, 11) is -2.02. The van der Waals surface area contributed by atoms with Crippen molar-refractivity contribution in [2.45, 2.75) is 11.0 Å². The Morgan fingerprint density at radius 3 is 2.91 bits per heavy atom. The van der Waals surface area contributed by atoms with Gasteiger partial charge in [-0.25, -0.2) is 13.1 Å². The lowest BCUT2D eigenvalue weighted by Gasteiger charge is -2.11. The van der Waals surface area contributed by atoms with E-state index < -0.39 is 16.1 Å². The summed E-state index contributed by atoms with van der Waals surface area (Å²) in [4.78, 5) is 0.0809. The molecule has 3 aromatic rings. The van der Waals surface area contributed by atoms with E-state index in [2.05, 4.69) is 9.82 Å². The molecule has 22 heavy (non-hydrogen) atoms. The highest BCUT2D eigenvalue weighted by Crippen LogP contribution is 2.30. The van der Waals surface area contributed by atoms with Crippen LogP contribution in [-0.2, 0) is 17.1 Å². The van der Waals surface area contributed by atoms with Crippen LogP contribution in [0.4, 0.5) is 0 Å². The van der Waals surface area contributed by atoms with Crippen LogP contribution in [0.5, 0.6) is 0 Å². The fraction of sp³-hybridized carbons (Fsp3) is 0.214. The molecular weight excluding hydrogens is 322 g/mol. The highest BCUT2D eigenvalue weighted by atomic mass is 32.2. The van der Waals surface area contributed by atoms with E-state index in [9.17, 15) is 13.5 Å². The number of rotatable bonds is 5. The van der Waals surface area contributed by atoms with Crippen molar-refractivity contribution in [3.8, 4) is 0 Å². The standard InChI is InChI=1S/C14H15N3O3S2/c1-17-8-10(6-15-17)22(19,20)16-7-13(18)12-9-21-14-5-3-2-4-11(12)14/h2-6,8-9,13,16,18H,7H2,1H3/t13-/m1/s1. The molecule has 0 amide bonds. The maximum Gasteiger partial charge on any atom is 0.243 e. The molecule has 2 heterocycles. The maximum absolute atomic E-state index is 12.1. The van der Waals surface area contributed by atoms with Crippen LogP contribution in [-0.4, -0.2) is 29.8 Å². The van der Waals surface area contributed by atoms with E-state index in [0.717, 1.165) is 15.6 Å². The van der Waals surface area contributed by atoms with Gasteiger partial charge >= 0.3 is 0 Å². The van der Waals surface area contributed by atoms with Crippen LogP contribution in [0.1, 0.15) is 11.7 Å². The number of hydrogen-bond donors (Lipinski definition) is 2. The lowest BCUT2D eigenvalue weighted by atomic mass is 10.1. The van der Waals surface area contributed by atoms with E-state index >= 15 is 0 Å². The molecule has 0 saturated carbocycles. The fourth-order valence-corrected chi connectivity index (χ4v) is 4.21. The molecule has 0 bridgehead atoms. The average Bonchev–Trinajstić information content (AvgIpc) is 3.11. The van der Waals surface area contributed by atoms with Crippen LogP contribution in [0.2, 0.25) is 0 Å².